The number of hydrogen-bond acceptors (Lipinski definition) is 8. The highest BCUT2D eigenvalue weighted by atomic mass is 16.3. The van der Waals surface area contributed by atoms with Gasteiger partial charge in [0.05, 0.1) is 43.1 Å². The minimum absolute atomic E-state index is 0.0311. The third kappa shape index (κ3) is 7.96. The number of carbonyl (C=O) groups excluding carboxylic acids is 1. The van der Waals surface area contributed by atoms with Crippen LogP contribution in [-0.2, 0) is 4.79 Å². The highest BCUT2D eigenvalue weighted by molar-refractivity contribution is 5.78. The third-order valence-electron chi connectivity index (χ3n) is 5.04. The number of rotatable bonds is 14. The Morgan fingerprint density at radius 3 is 2.15 bits per heavy atom. The van der Waals surface area contributed by atoms with Gasteiger partial charge in [-0.3, -0.25) is 4.79 Å². The lowest BCUT2D eigenvalue weighted by Gasteiger charge is -2.22. The van der Waals surface area contributed by atoms with E-state index in [1.807, 2.05) is 0 Å². The molecular weight excluding hydrogens is 342 g/mol. The smallest absolute Gasteiger partial charge is 0.132 e. The average Bonchev–Trinajstić information content (AvgIpc) is 2.91. The van der Waals surface area contributed by atoms with Crippen molar-refractivity contribution in [2.24, 2.45) is 0 Å². The van der Waals surface area contributed by atoms with Gasteiger partial charge in [-0.15, -0.1) is 0 Å². The first kappa shape index (κ1) is 23.4. The molecule has 7 N–H and O–H groups in total. The van der Waals surface area contributed by atoms with Crippen molar-refractivity contribution in [1.82, 2.24) is 5.32 Å². The fourth-order valence-electron chi connectivity index (χ4n) is 3.38. The van der Waals surface area contributed by atoms with Gasteiger partial charge in [-0.25, -0.2) is 0 Å². The summed E-state index contributed by atoms with van der Waals surface area (Å²) in [5, 5.41) is 60.4. The predicted molar refractivity (Wildman–Crippen MR) is 95.5 cm³/mol. The van der Waals surface area contributed by atoms with Crippen LogP contribution in [0.25, 0.3) is 0 Å². The van der Waals surface area contributed by atoms with Gasteiger partial charge in [-0.05, 0) is 38.5 Å². The molecule has 0 bridgehead atoms. The molecular formula is C18H35NO7. The molecule has 8 nitrogen and oxygen atoms in total. The normalized spacial score (nSPS) is 28.2. The van der Waals surface area contributed by atoms with Crippen molar-refractivity contribution in [3.8, 4) is 0 Å². The Labute approximate surface area is 154 Å². The summed E-state index contributed by atoms with van der Waals surface area (Å²) in [6, 6.07) is -1.33. The highest BCUT2D eigenvalue weighted by Gasteiger charge is 2.43. The molecule has 0 amide bonds. The number of aliphatic hydroxyl groups is 6. The van der Waals surface area contributed by atoms with Crippen LogP contribution in [0.3, 0.4) is 0 Å². The van der Waals surface area contributed by atoms with Gasteiger partial charge in [0.2, 0.25) is 0 Å². The molecule has 0 radical (unpaired) electrons. The Hall–Kier alpha value is -0.610. The van der Waals surface area contributed by atoms with Crippen LogP contribution >= 0.6 is 0 Å². The molecule has 0 aromatic rings. The molecule has 1 fully saturated rings. The zero-order valence-corrected chi connectivity index (χ0v) is 15.3. The molecule has 1 rings (SSSR count). The third-order valence-corrected chi connectivity index (χ3v) is 5.04. The van der Waals surface area contributed by atoms with Crippen molar-refractivity contribution in [2.45, 2.75) is 94.3 Å². The van der Waals surface area contributed by atoms with Crippen molar-refractivity contribution in [1.29, 1.82) is 0 Å². The van der Waals surface area contributed by atoms with E-state index in [4.69, 9.17) is 10.2 Å². The Bertz CT molecular complexity index is 396. The maximum absolute atomic E-state index is 11.5. The maximum Gasteiger partial charge on any atom is 0.132 e. The van der Waals surface area contributed by atoms with Gasteiger partial charge in [-0.2, -0.15) is 0 Å². The van der Waals surface area contributed by atoms with E-state index in [2.05, 4.69) is 5.32 Å². The lowest BCUT2D eigenvalue weighted by molar-refractivity contribution is -0.119. The Morgan fingerprint density at radius 1 is 0.885 bits per heavy atom. The van der Waals surface area contributed by atoms with Crippen LogP contribution in [0.2, 0.25) is 0 Å². The quantitative estimate of drug-likeness (QED) is 0.187. The van der Waals surface area contributed by atoms with Gasteiger partial charge in [0, 0.05) is 19.4 Å². The molecule has 0 aromatic heterocycles. The minimum Gasteiger partial charge on any atom is -0.396 e. The van der Waals surface area contributed by atoms with Gasteiger partial charge >= 0.3 is 0 Å². The van der Waals surface area contributed by atoms with Gasteiger partial charge in [0.1, 0.15) is 5.78 Å². The lowest BCUT2D eigenvalue weighted by Crippen LogP contribution is -2.44. The monoisotopic (exact) mass is 377 g/mol. The molecule has 8 heteroatoms. The molecule has 1 saturated heterocycles. The highest BCUT2D eigenvalue weighted by Crippen LogP contribution is 2.20. The van der Waals surface area contributed by atoms with Crippen LogP contribution in [0.4, 0.5) is 0 Å². The number of ketones is 1. The fourth-order valence-corrected chi connectivity index (χ4v) is 3.38. The van der Waals surface area contributed by atoms with Crippen molar-refractivity contribution in [3.63, 3.8) is 0 Å². The fraction of sp³-hybridized carbons (Fsp3) is 0.944. The topological polar surface area (TPSA) is 150 Å². The molecule has 1 aliphatic rings. The van der Waals surface area contributed by atoms with E-state index in [1.54, 1.807) is 0 Å². The predicted octanol–water partition coefficient (Wildman–Crippen LogP) is -1.16. The first-order chi connectivity index (χ1) is 12.4. The lowest BCUT2D eigenvalue weighted by atomic mass is 9.97. The summed E-state index contributed by atoms with van der Waals surface area (Å²) in [5.74, 6) is 0.141. The standard InChI is InChI=1S/C18H35NO7/c20-10-4-8-13(23)6-2-1-5-12(22)7-3-9-15(24)16-18(26)17(25)14(11-21)19-16/h12,14-22,24-26H,1-11H2. The molecule has 26 heavy (non-hydrogen) atoms. The van der Waals surface area contributed by atoms with Crippen LogP contribution in [0, 0.1) is 0 Å². The largest absolute Gasteiger partial charge is 0.396 e. The summed E-state index contributed by atoms with van der Waals surface area (Å²) in [7, 11) is 0. The summed E-state index contributed by atoms with van der Waals surface area (Å²) in [6.07, 6.45) is 1.33. The molecule has 154 valence electrons. The Balaban J connectivity index is 2.12. The summed E-state index contributed by atoms with van der Waals surface area (Å²) >= 11 is 0. The summed E-state index contributed by atoms with van der Waals surface area (Å²) in [5.41, 5.74) is 0. The number of nitrogens with one attached hydrogen (secondary N) is 1. The van der Waals surface area contributed by atoms with E-state index in [-0.39, 0.29) is 19.0 Å². The SMILES string of the molecule is O=C(CCCO)CCCCC(O)CCCC(O)C1NC(CO)C(O)C1O. The van der Waals surface area contributed by atoms with Gasteiger partial charge in [0.15, 0.2) is 0 Å². The molecule has 0 aliphatic carbocycles. The van der Waals surface area contributed by atoms with E-state index in [0.717, 1.165) is 12.8 Å². The molecule has 1 heterocycles. The molecule has 0 spiro atoms. The van der Waals surface area contributed by atoms with Crippen LogP contribution < -0.4 is 5.32 Å². The van der Waals surface area contributed by atoms with Crippen molar-refractivity contribution < 1.29 is 35.4 Å². The summed E-state index contributed by atoms with van der Waals surface area (Å²) < 4.78 is 0. The molecule has 6 unspecified atom stereocenters. The first-order valence-electron chi connectivity index (χ1n) is 9.62. The number of unbranched alkanes of at least 4 members (excludes halogenated alkanes) is 1. The zero-order chi connectivity index (χ0) is 19.5. The van der Waals surface area contributed by atoms with Gasteiger partial charge in [-0.1, -0.05) is 6.42 Å². The number of Topliss-reactive ketones (excluding diaryl/α,β-unsaturated/α-hetero) is 1. The number of aliphatic hydroxyl groups excluding tert-OH is 6. The molecule has 6 atom stereocenters. The molecule has 0 aromatic carbocycles. The van der Waals surface area contributed by atoms with Crippen molar-refractivity contribution >= 4 is 5.78 Å². The summed E-state index contributed by atoms with van der Waals surface area (Å²) in [4.78, 5) is 11.5. The average molecular weight is 377 g/mol. The van der Waals surface area contributed by atoms with Crippen molar-refractivity contribution in [3.05, 3.63) is 0 Å². The maximum atomic E-state index is 11.5. The second-order valence-corrected chi connectivity index (χ2v) is 7.23. The number of carbonyl (C=O) groups is 1. The second-order valence-electron chi connectivity index (χ2n) is 7.23. The minimum atomic E-state index is -1.13. The van der Waals surface area contributed by atoms with E-state index in [1.165, 1.54) is 0 Å². The zero-order valence-electron chi connectivity index (χ0n) is 15.3. The van der Waals surface area contributed by atoms with Crippen LogP contribution in [0.1, 0.15) is 57.8 Å². The number of hydrogen-bond donors (Lipinski definition) is 7. The van der Waals surface area contributed by atoms with Crippen LogP contribution in [0.5, 0.6) is 0 Å². The van der Waals surface area contributed by atoms with E-state index in [9.17, 15) is 25.2 Å². The van der Waals surface area contributed by atoms with Crippen molar-refractivity contribution in [2.75, 3.05) is 13.2 Å². The molecule has 0 saturated carbocycles. The van der Waals surface area contributed by atoms with Crippen LogP contribution in [-0.4, -0.2) is 86.1 Å². The van der Waals surface area contributed by atoms with E-state index >= 15 is 0 Å². The van der Waals surface area contributed by atoms with Gasteiger partial charge in [0.25, 0.3) is 0 Å². The second kappa shape index (κ2) is 12.7. The molecule has 1 aliphatic heterocycles. The Kier molecular flexibility index (Phi) is 11.5. The first-order valence-corrected chi connectivity index (χ1v) is 9.62. The van der Waals surface area contributed by atoms with E-state index in [0.29, 0.717) is 44.9 Å². The van der Waals surface area contributed by atoms with Crippen LogP contribution in [0.15, 0.2) is 0 Å². The van der Waals surface area contributed by atoms with E-state index < -0.39 is 36.5 Å². The van der Waals surface area contributed by atoms with Gasteiger partial charge < -0.3 is 36.0 Å². The Morgan fingerprint density at radius 2 is 1.54 bits per heavy atom. The summed E-state index contributed by atoms with van der Waals surface area (Å²) in [6.45, 7) is -0.286.